The van der Waals surface area contributed by atoms with Crippen LogP contribution in [0, 0.1) is 5.92 Å². The lowest BCUT2D eigenvalue weighted by Crippen LogP contribution is -2.43. The molecule has 1 saturated heterocycles. The molecule has 1 aliphatic heterocycles. The van der Waals surface area contributed by atoms with Crippen LogP contribution in [0.25, 0.3) is 0 Å². The number of ether oxygens (including phenoxy) is 2. The molecule has 1 aromatic carbocycles. The van der Waals surface area contributed by atoms with Crippen molar-refractivity contribution < 1.29 is 9.47 Å². The molecule has 3 rings (SSSR count). The van der Waals surface area contributed by atoms with Gasteiger partial charge in [-0.15, -0.1) is 0 Å². The maximum Gasteiger partial charge on any atom is 0.195 e. The molecule has 0 radical (unpaired) electrons. The van der Waals surface area contributed by atoms with E-state index in [1.807, 2.05) is 6.07 Å². The van der Waals surface area contributed by atoms with Gasteiger partial charge in [0, 0.05) is 24.2 Å². The third-order valence-corrected chi connectivity index (χ3v) is 4.32. The molecule has 1 aliphatic carbocycles. The third kappa shape index (κ3) is 2.60. The maximum absolute atomic E-state index is 5.98. The predicted octanol–water partition coefficient (Wildman–Crippen LogP) is 3.22. The lowest BCUT2D eigenvalue weighted by atomic mass is 9.81. The van der Waals surface area contributed by atoms with Crippen molar-refractivity contribution in [3.05, 3.63) is 47.7 Å². The van der Waals surface area contributed by atoms with Crippen molar-refractivity contribution in [1.82, 2.24) is 5.32 Å². The largest absolute Gasteiger partial charge is 0.387 e. The van der Waals surface area contributed by atoms with Gasteiger partial charge >= 0.3 is 0 Å². The second-order valence-electron chi connectivity index (χ2n) is 5.69. The molecular weight excluding hydrogens is 250 g/mol. The summed E-state index contributed by atoms with van der Waals surface area (Å²) in [5.41, 5.74) is 2.56. The van der Waals surface area contributed by atoms with E-state index in [9.17, 15) is 0 Å². The second-order valence-corrected chi connectivity index (χ2v) is 5.69. The predicted molar refractivity (Wildman–Crippen MR) is 79.0 cm³/mol. The number of nitrogens with one attached hydrogen (secondary N) is 1. The molecule has 1 spiro atoms. The molecule has 0 bridgehead atoms. The standard InChI is InChI=1S/C17H23NO2/c1-14-6-5-9-16(17(14)19-10-11-20-17)13-18-12-15-7-3-2-4-8-15/h2-4,7-8,13-14,18H,5-6,9-12H2,1H3/b16-13+. The van der Waals surface area contributed by atoms with Crippen LogP contribution in [0.1, 0.15) is 31.7 Å². The highest BCUT2D eigenvalue weighted by Gasteiger charge is 2.47. The highest BCUT2D eigenvalue weighted by molar-refractivity contribution is 5.20. The average molecular weight is 273 g/mol. The molecule has 1 saturated carbocycles. The number of hydrogen-bond acceptors (Lipinski definition) is 3. The lowest BCUT2D eigenvalue weighted by Gasteiger charge is -2.39. The first-order valence-corrected chi connectivity index (χ1v) is 7.56. The fourth-order valence-corrected chi connectivity index (χ4v) is 3.24. The smallest absolute Gasteiger partial charge is 0.195 e. The molecule has 0 aromatic heterocycles. The van der Waals surface area contributed by atoms with E-state index in [1.54, 1.807) is 0 Å². The molecule has 1 heterocycles. The average Bonchev–Trinajstić information content (AvgIpc) is 2.96. The number of hydrogen-bond donors (Lipinski definition) is 1. The van der Waals surface area contributed by atoms with Crippen LogP contribution < -0.4 is 5.32 Å². The Kier molecular flexibility index (Phi) is 4.08. The summed E-state index contributed by atoms with van der Waals surface area (Å²) >= 11 is 0. The summed E-state index contributed by atoms with van der Waals surface area (Å²) in [6.07, 6.45) is 5.57. The molecule has 108 valence electrons. The van der Waals surface area contributed by atoms with E-state index < -0.39 is 5.79 Å². The van der Waals surface area contributed by atoms with Gasteiger partial charge in [0.15, 0.2) is 5.79 Å². The Morgan fingerprint density at radius 3 is 2.75 bits per heavy atom. The van der Waals surface area contributed by atoms with E-state index in [0.717, 1.165) is 13.0 Å². The summed E-state index contributed by atoms with van der Waals surface area (Å²) in [6.45, 7) is 4.49. The molecule has 0 amide bonds. The van der Waals surface area contributed by atoms with E-state index in [4.69, 9.17) is 9.47 Å². The lowest BCUT2D eigenvalue weighted by molar-refractivity contribution is -0.172. The highest BCUT2D eigenvalue weighted by Crippen LogP contribution is 2.43. The molecule has 1 aromatic rings. The molecule has 3 heteroatoms. The zero-order valence-electron chi connectivity index (χ0n) is 12.1. The topological polar surface area (TPSA) is 30.5 Å². The van der Waals surface area contributed by atoms with E-state index in [0.29, 0.717) is 19.1 Å². The van der Waals surface area contributed by atoms with Crippen LogP contribution in [-0.4, -0.2) is 19.0 Å². The van der Waals surface area contributed by atoms with E-state index in [-0.39, 0.29) is 0 Å². The van der Waals surface area contributed by atoms with Crippen molar-refractivity contribution in [2.24, 2.45) is 5.92 Å². The highest BCUT2D eigenvalue weighted by atomic mass is 16.7. The van der Waals surface area contributed by atoms with Crippen molar-refractivity contribution in [2.75, 3.05) is 13.2 Å². The maximum atomic E-state index is 5.98. The monoisotopic (exact) mass is 273 g/mol. The quantitative estimate of drug-likeness (QED) is 0.917. The van der Waals surface area contributed by atoms with Crippen LogP contribution >= 0.6 is 0 Å². The molecule has 3 nitrogen and oxygen atoms in total. The van der Waals surface area contributed by atoms with Gasteiger partial charge in [0.1, 0.15) is 0 Å². The molecule has 1 atom stereocenters. The number of benzene rings is 1. The fourth-order valence-electron chi connectivity index (χ4n) is 3.24. The normalized spacial score (nSPS) is 27.1. The minimum absolute atomic E-state index is 0.434. The first kappa shape index (κ1) is 13.7. The molecular formula is C17H23NO2. The Morgan fingerprint density at radius 1 is 1.25 bits per heavy atom. The third-order valence-electron chi connectivity index (χ3n) is 4.32. The van der Waals surface area contributed by atoms with Gasteiger partial charge in [0.05, 0.1) is 13.2 Å². The molecule has 1 N–H and O–H groups in total. The van der Waals surface area contributed by atoms with E-state index >= 15 is 0 Å². The van der Waals surface area contributed by atoms with Crippen LogP contribution in [0.15, 0.2) is 42.1 Å². The Hall–Kier alpha value is -1.32. The van der Waals surface area contributed by atoms with Gasteiger partial charge in [-0.3, -0.25) is 0 Å². The molecule has 20 heavy (non-hydrogen) atoms. The van der Waals surface area contributed by atoms with Gasteiger partial charge in [0.2, 0.25) is 0 Å². The minimum Gasteiger partial charge on any atom is -0.387 e. The SMILES string of the molecule is CC1CCC/C(=C\NCc2ccccc2)C12OCCO2. The minimum atomic E-state index is -0.456. The van der Waals surface area contributed by atoms with E-state index in [2.05, 4.69) is 42.7 Å². The first-order valence-electron chi connectivity index (χ1n) is 7.56. The zero-order chi connectivity index (χ0) is 13.8. The molecule has 2 aliphatic rings. The van der Waals surface area contributed by atoms with Crippen molar-refractivity contribution >= 4 is 0 Å². The summed E-state index contributed by atoms with van der Waals surface area (Å²) < 4.78 is 12.0. The van der Waals surface area contributed by atoms with Crippen molar-refractivity contribution in [2.45, 2.75) is 38.5 Å². The van der Waals surface area contributed by atoms with Gasteiger partial charge in [-0.2, -0.15) is 0 Å². The summed E-state index contributed by atoms with van der Waals surface area (Å²) in [6, 6.07) is 10.4. The zero-order valence-corrected chi connectivity index (χ0v) is 12.1. The Balaban J connectivity index is 1.69. The van der Waals surface area contributed by atoms with Gasteiger partial charge in [-0.1, -0.05) is 37.3 Å². The van der Waals surface area contributed by atoms with Crippen LogP contribution in [0.4, 0.5) is 0 Å². The Morgan fingerprint density at radius 2 is 2.00 bits per heavy atom. The summed E-state index contributed by atoms with van der Waals surface area (Å²) in [7, 11) is 0. The number of rotatable bonds is 3. The van der Waals surface area contributed by atoms with Crippen LogP contribution in [0.2, 0.25) is 0 Å². The summed E-state index contributed by atoms with van der Waals surface area (Å²) in [5.74, 6) is -0.0226. The first-order chi connectivity index (χ1) is 9.81. The Bertz CT molecular complexity index is 463. The fraction of sp³-hybridized carbons (Fsp3) is 0.529. The van der Waals surface area contributed by atoms with E-state index in [1.165, 1.54) is 24.0 Å². The van der Waals surface area contributed by atoms with Crippen LogP contribution in [0.5, 0.6) is 0 Å². The van der Waals surface area contributed by atoms with Crippen LogP contribution in [0.3, 0.4) is 0 Å². The molecule has 1 unspecified atom stereocenters. The van der Waals surface area contributed by atoms with Crippen molar-refractivity contribution in [1.29, 1.82) is 0 Å². The second kappa shape index (κ2) is 5.98. The van der Waals surface area contributed by atoms with Crippen LogP contribution in [-0.2, 0) is 16.0 Å². The van der Waals surface area contributed by atoms with Crippen molar-refractivity contribution in [3.63, 3.8) is 0 Å². The Labute approximate surface area is 121 Å². The summed E-state index contributed by atoms with van der Waals surface area (Å²) in [5, 5.41) is 3.42. The van der Waals surface area contributed by atoms with Gasteiger partial charge in [-0.05, 0) is 24.8 Å². The van der Waals surface area contributed by atoms with Gasteiger partial charge in [0.25, 0.3) is 0 Å². The summed E-state index contributed by atoms with van der Waals surface area (Å²) in [4.78, 5) is 0. The van der Waals surface area contributed by atoms with Gasteiger partial charge in [-0.25, -0.2) is 0 Å². The van der Waals surface area contributed by atoms with Gasteiger partial charge < -0.3 is 14.8 Å². The van der Waals surface area contributed by atoms with Crippen molar-refractivity contribution in [3.8, 4) is 0 Å². The molecule has 2 fully saturated rings.